The zero-order valence-electron chi connectivity index (χ0n) is 10.1. The Bertz CT molecular complexity index is 403. The third-order valence-electron chi connectivity index (χ3n) is 2.41. The smallest absolute Gasteiger partial charge is 0.200 e. The van der Waals surface area contributed by atoms with E-state index in [0.717, 1.165) is 25.3 Å². The summed E-state index contributed by atoms with van der Waals surface area (Å²) in [4.78, 5) is 11.1. The van der Waals surface area contributed by atoms with Crippen LogP contribution in [0.15, 0.2) is 12.1 Å². The summed E-state index contributed by atoms with van der Waals surface area (Å²) in [6, 6.07) is 2.13. The highest BCUT2D eigenvalue weighted by Gasteiger charge is 2.13. The lowest BCUT2D eigenvalue weighted by Crippen LogP contribution is -2.03. The molecule has 0 N–H and O–H groups in total. The van der Waals surface area contributed by atoms with Crippen molar-refractivity contribution in [3.8, 4) is 5.75 Å². The van der Waals surface area contributed by atoms with E-state index in [1.54, 1.807) is 0 Å². The highest BCUT2D eigenvalue weighted by Crippen LogP contribution is 2.22. The summed E-state index contributed by atoms with van der Waals surface area (Å²) < 4.78 is 31.7. The van der Waals surface area contributed by atoms with Gasteiger partial charge in [-0.15, -0.1) is 0 Å². The maximum Gasteiger partial charge on any atom is 0.200 e. The van der Waals surface area contributed by atoms with Gasteiger partial charge in [0.15, 0.2) is 17.3 Å². The fraction of sp³-hybridized carbons (Fsp3) is 0.462. The number of halogens is 2. The van der Waals surface area contributed by atoms with Gasteiger partial charge in [-0.3, -0.25) is 4.79 Å². The van der Waals surface area contributed by atoms with Gasteiger partial charge in [0, 0.05) is 5.56 Å². The lowest BCUT2D eigenvalue weighted by Gasteiger charge is -2.08. The Hall–Kier alpha value is -1.45. The molecule has 1 aromatic rings. The van der Waals surface area contributed by atoms with Gasteiger partial charge in [0.2, 0.25) is 5.82 Å². The predicted molar refractivity (Wildman–Crippen MR) is 61.4 cm³/mol. The molecule has 0 unspecified atom stereocenters. The third kappa shape index (κ3) is 3.80. The second-order valence-corrected chi connectivity index (χ2v) is 3.88. The SMILES string of the molecule is CCCCCOc1cc(C(C)=O)cc(F)c1F. The number of ketones is 1. The molecular formula is C13H16F2O2. The molecule has 0 aliphatic rings. The molecule has 1 rings (SSSR count). The van der Waals surface area contributed by atoms with Crippen molar-refractivity contribution < 1.29 is 18.3 Å². The van der Waals surface area contributed by atoms with Crippen LogP contribution in [0.2, 0.25) is 0 Å². The third-order valence-corrected chi connectivity index (χ3v) is 2.41. The summed E-state index contributed by atoms with van der Waals surface area (Å²) in [5.74, 6) is -2.59. The van der Waals surface area contributed by atoms with Crippen LogP contribution in [0.25, 0.3) is 0 Å². The summed E-state index contributed by atoms with van der Waals surface area (Å²) in [7, 11) is 0. The number of hydrogen-bond donors (Lipinski definition) is 0. The van der Waals surface area contributed by atoms with Gasteiger partial charge in [0.25, 0.3) is 0 Å². The number of Topliss-reactive ketones (excluding diaryl/α,β-unsaturated/α-hetero) is 1. The number of unbranched alkanes of at least 4 members (excludes halogenated alkanes) is 2. The second kappa shape index (κ2) is 6.33. The predicted octanol–water partition coefficient (Wildman–Crippen LogP) is 3.74. The number of ether oxygens (including phenoxy) is 1. The first-order valence-electron chi connectivity index (χ1n) is 5.69. The van der Waals surface area contributed by atoms with Crippen LogP contribution in [0.5, 0.6) is 5.75 Å². The van der Waals surface area contributed by atoms with Crippen molar-refractivity contribution in [3.63, 3.8) is 0 Å². The molecule has 1 aromatic carbocycles. The van der Waals surface area contributed by atoms with Crippen molar-refractivity contribution >= 4 is 5.78 Å². The Morgan fingerprint density at radius 1 is 1.29 bits per heavy atom. The first-order chi connectivity index (χ1) is 8.06. The first-order valence-corrected chi connectivity index (χ1v) is 5.69. The van der Waals surface area contributed by atoms with E-state index in [9.17, 15) is 13.6 Å². The molecule has 0 aliphatic heterocycles. The quantitative estimate of drug-likeness (QED) is 0.561. The fourth-order valence-electron chi connectivity index (χ4n) is 1.41. The monoisotopic (exact) mass is 242 g/mol. The molecule has 17 heavy (non-hydrogen) atoms. The minimum Gasteiger partial charge on any atom is -0.490 e. The van der Waals surface area contributed by atoms with Gasteiger partial charge in [-0.25, -0.2) is 4.39 Å². The van der Waals surface area contributed by atoms with Crippen LogP contribution in [-0.2, 0) is 0 Å². The summed E-state index contributed by atoms with van der Waals surface area (Å²) in [6.07, 6.45) is 2.77. The zero-order valence-corrected chi connectivity index (χ0v) is 10.1. The lowest BCUT2D eigenvalue weighted by molar-refractivity contribution is 0.101. The average Bonchev–Trinajstić information content (AvgIpc) is 2.29. The molecule has 0 fully saturated rings. The molecular weight excluding hydrogens is 226 g/mol. The zero-order chi connectivity index (χ0) is 12.8. The van der Waals surface area contributed by atoms with Crippen LogP contribution >= 0.6 is 0 Å². The fourth-order valence-corrected chi connectivity index (χ4v) is 1.41. The molecule has 0 spiro atoms. The first kappa shape index (κ1) is 13.6. The minimum absolute atomic E-state index is 0.120. The summed E-state index contributed by atoms with van der Waals surface area (Å²) in [5.41, 5.74) is 0.120. The molecule has 0 radical (unpaired) electrons. The maximum atomic E-state index is 13.3. The molecule has 4 heteroatoms. The van der Waals surface area contributed by atoms with Gasteiger partial charge in [0.05, 0.1) is 6.61 Å². The molecule has 0 aliphatic carbocycles. The van der Waals surface area contributed by atoms with E-state index in [1.807, 2.05) is 6.92 Å². The minimum atomic E-state index is -1.05. The van der Waals surface area contributed by atoms with E-state index in [0.29, 0.717) is 6.61 Å². The molecule has 2 nitrogen and oxygen atoms in total. The molecule has 0 aromatic heterocycles. The standard InChI is InChI=1S/C13H16F2O2/c1-3-4-5-6-17-12-8-10(9(2)16)7-11(14)13(12)15/h7-8H,3-6H2,1-2H3. The van der Waals surface area contributed by atoms with Gasteiger partial charge in [-0.2, -0.15) is 4.39 Å². The van der Waals surface area contributed by atoms with Crippen molar-refractivity contribution in [1.29, 1.82) is 0 Å². The van der Waals surface area contributed by atoms with Crippen LogP contribution in [-0.4, -0.2) is 12.4 Å². The van der Waals surface area contributed by atoms with Crippen molar-refractivity contribution in [2.24, 2.45) is 0 Å². The van der Waals surface area contributed by atoms with E-state index < -0.39 is 11.6 Å². The Morgan fingerprint density at radius 2 is 2.00 bits per heavy atom. The number of hydrogen-bond acceptors (Lipinski definition) is 2. The van der Waals surface area contributed by atoms with Gasteiger partial charge < -0.3 is 4.74 Å². The van der Waals surface area contributed by atoms with E-state index in [2.05, 4.69) is 0 Å². The molecule has 0 saturated carbocycles. The normalized spacial score (nSPS) is 10.4. The van der Waals surface area contributed by atoms with Crippen LogP contribution in [0, 0.1) is 11.6 Å². The van der Waals surface area contributed by atoms with Crippen molar-refractivity contribution in [3.05, 3.63) is 29.3 Å². The van der Waals surface area contributed by atoms with Gasteiger partial charge in [-0.05, 0) is 25.5 Å². The number of benzene rings is 1. The molecule has 0 saturated heterocycles. The van der Waals surface area contributed by atoms with Crippen molar-refractivity contribution in [2.45, 2.75) is 33.1 Å². The maximum absolute atomic E-state index is 13.3. The number of carbonyl (C=O) groups excluding carboxylic acids is 1. The summed E-state index contributed by atoms with van der Waals surface area (Å²) in [5, 5.41) is 0. The second-order valence-electron chi connectivity index (χ2n) is 3.88. The Balaban J connectivity index is 2.79. The highest BCUT2D eigenvalue weighted by atomic mass is 19.2. The molecule has 0 atom stereocenters. The highest BCUT2D eigenvalue weighted by molar-refractivity contribution is 5.94. The van der Waals surface area contributed by atoms with Gasteiger partial charge in [-0.1, -0.05) is 19.8 Å². The number of rotatable bonds is 6. The van der Waals surface area contributed by atoms with Gasteiger partial charge in [0.1, 0.15) is 0 Å². The van der Waals surface area contributed by atoms with E-state index in [-0.39, 0.29) is 17.1 Å². The molecule has 0 heterocycles. The molecule has 94 valence electrons. The number of carbonyl (C=O) groups is 1. The largest absolute Gasteiger partial charge is 0.490 e. The summed E-state index contributed by atoms with van der Waals surface area (Å²) >= 11 is 0. The topological polar surface area (TPSA) is 26.3 Å². The van der Waals surface area contributed by atoms with Crippen LogP contribution in [0.1, 0.15) is 43.5 Å². The van der Waals surface area contributed by atoms with Crippen molar-refractivity contribution in [2.75, 3.05) is 6.61 Å². The summed E-state index contributed by atoms with van der Waals surface area (Å²) in [6.45, 7) is 3.66. The van der Waals surface area contributed by atoms with E-state index >= 15 is 0 Å². The molecule has 0 amide bonds. The van der Waals surface area contributed by atoms with Gasteiger partial charge >= 0.3 is 0 Å². The Kier molecular flexibility index (Phi) is 5.07. The molecule has 0 bridgehead atoms. The van der Waals surface area contributed by atoms with Crippen LogP contribution in [0.3, 0.4) is 0 Å². The Labute approximate surface area is 99.6 Å². The van der Waals surface area contributed by atoms with Crippen molar-refractivity contribution in [1.82, 2.24) is 0 Å². The average molecular weight is 242 g/mol. The van der Waals surface area contributed by atoms with Crippen LogP contribution < -0.4 is 4.74 Å². The Morgan fingerprint density at radius 3 is 2.59 bits per heavy atom. The van der Waals surface area contributed by atoms with E-state index in [1.165, 1.54) is 13.0 Å². The van der Waals surface area contributed by atoms with Crippen LogP contribution in [0.4, 0.5) is 8.78 Å². The lowest BCUT2D eigenvalue weighted by atomic mass is 10.1. The van der Waals surface area contributed by atoms with E-state index in [4.69, 9.17) is 4.74 Å².